The largest absolute Gasteiger partial charge is 0.376 e. The lowest BCUT2D eigenvalue weighted by molar-refractivity contribution is 0.539. The lowest BCUT2D eigenvalue weighted by atomic mass is 9.96. The summed E-state index contributed by atoms with van der Waals surface area (Å²) in [7, 11) is 0. The second-order valence-electron chi connectivity index (χ2n) is 4.90. The Labute approximate surface area is 122 Å². The Morgan fingerprint density at radius 3 is 2.32 bits per heavy atom. The van der Waals surface area contributed by atoms with E-state index >= 15 is 0 Å². The highest BCUT2D eigenvalue weighted by atomic mass is 79.9. The maximum absolute atomic E-state index is 13.9. The Kier molecular flexibility index (Phi) is 4.59. The predicted molar refractivity (Wildman–Crippen MR) is 81.7 cm³/mol. The Morgan fingerprint density at radius 2 is 1.74 bits per heavy atom. The molecule has 0 aromatic heterocycles. The minimum absolute atomic E-state index is 0.0943. The molecule has 0 amide bonds. The number of benzene rings is 2. The molecule has 100 valence electrons. The predicted octanol–water partition coefficient (Wildman–Crippen LogP) is 5.40. The van der Waals surface area contributed by atoms with Gasteiger partial charge in [0.2, 0.25) is 0 Å². The highest BCUT2D eigenvalue weighted by molar-refractivity contribution is 9.10. The third kappa shape index (κ3) is 3.57. The van der Waals surface area contributed by atoms with Crippen LogP contribution in [0.2, 0.25) is 0 Å². The molecular weight excluding hydrogens is 305 g/mol. The van der Waals surface area contributed by atoms with E-state index in [1.54, 1.807) is 6.07 Å². The number of hydrogen-bond donors (Lipinski definition) is 1. The molecule has 0 saturated carbocycles. The molecule has 0 fully saturated rings. The standard InChI is InChI=1S/C16H17BrFN/c1-11(2)16(12-6-4-3-5-7-12)19-15-9-8-13(17)10-14(15)18/h3-11,16,19H,1-2H3. The van der Waals surface area contributed by atoms with Crippen molar-refractivity contribution >= 4 is 21.6 Å². The second kappa shape index (κ2) is 6.20. The van der Waals surface area contributed by atoms with Gasteiger partial charge in [0.05, 0.1) is 11.7 Å². The maximum atomic E-state index is 13.9. The minimum Gasteiger partial charge on any atom is -0.376 e. The van der Waals surface area contributed by atoms with Gasteiger partial charge in [-0.05, 0) is 29.7 Å². The monoisotopic (exact) mass is 321 g/mol. The number of nitrogens with one attached hydrogen (secondary N) is 1. The summed E-state index contributed by atoms with van der Waals surface area (Å²) in [5.41, 5.74) is 1.70. The van der Waals surface area contributed by atoms with Crippen LogP contribution in [0.3, 0.4) is 0 Å². The van der Waals surface area contributed by atoms with E-state index in [1.165, 1.54) is 11.6 Å². The molecule has 1 unspecified atom stereocenters. The van der Waals surface area contributed by atoms with Gasteiger partial charge in [-0.25, -0.2) is 4.39 Å². The quantitative estimate of drug-likeness (QED) is 0.795. The molecule has 1 nitrogen and oxygen atoms in total. The van der Waals surface area contributed by atoms with Crippen molar-refractivity contribution in [3.8, 4) is 0 Å². The summed E-state index contributed by atoms with van der Waals surface area (Å²) < 4.78 is 14.6. The third-order valence-electron chi connectivity index (χ3n) is 3.07. The van der Waals surface area contributed by atoms with Crippen LogP contribution in [0.4, 0.5) is 10.1 Å². The number of hydrogen-bond acceptors (Lipinski definition) is 1. The zero-order valence-corrected chi connectivity index (χ0v) is 12.6. The van der Waals surface area contributed by atoms with E-state index in [4.69, 9.17) is 0 Å². The fourth-order valence-electron chi connectivity index (χ4n) is 2.07. The number of rotatable bonds is 4. The molecule has 3 heteroatoms. The average molecular weight is 322 g/mol. The van der Waals surface area contributed by atoms with E-state index in [1.807, 2.05) is 24.3 Å². The van der Waals surface area contributed by atoms with E-state index in [9.17, 15) is 4.39 Å². The van der Waals surface area contributed by atoms with Gasteiger partial charge in [0.1, 0.15) is 5.82 Å². The molecule has 0 radical (unpaired) electrons. The van der Waals surface area contributed by atoms with E-state index in [-0.39, 0.29) is 11.9 Å². The van der Waals surface area contributed by atoms with Crippen LogP contribution in [0.15, 0.2) is 53.0 Å². The average Bonchev–Trinajstić information content (AvgIpc) is 2.38. The van der Waals surface area contributed by atoms with E-state index in [0.29, 0.717) is 11.6 Å². The van der Waals surface area contributed by atoms with Gasteiger partial charge < -0.3 is 5.32 Å². The van der Waals surface area contributed by atoms with E-state index in [0.717, 1.165) is 4.47 Å². The fourth-order valence-corrected chi connectivity index (χ4v) is 2.40. The zero-order valence-electron chi connectivity index (χ0n) is 11.0. The van der Waals surface area contributed by atoms with Crippen molar-refractivity contribution in [3.63, 3.8) is 0 Å². The van der Waals surface area contributed by atoms with Crippen LogP contribution >= 0.6 is 15.9 Å². The SMILES string of the molecule is CC(C)C(Nc1ccc(Br)cc1F)c1ccccc1. The maximum Gasteiger partial charge on any atom is 0.147 e. The molecule has 0 aliphatic rings. The van der Waals surface area contributed by atoms with Crippen LogP contribution in [0.5, 0.6) is 0 Å². The molecule has 2 aromatic carbocycles. The topological polar surface area (TPSA) is 12.0 Å². The molecule has 19 heavy (non-hydrogen) atoms. The Bertz CT molecular complexity index is 540. The van der Waals surface area contributed by atoms with Gasteiger partial charge in [0.15, 0.2) is 0 Å². The van der Waals surface area contributed by atoms with Gasteiger partial charge in [0, 0.05) is 4.47 Å². The summed E-state index contributed by atoms with van der Waals surface area (Å²) in [5.74, 6) is 0.126. The lowest BCUT2D eigenvalue weighted by Gasteiger charge is -2.24. The molecule has 0 aliphatic carbocycles. The third-order valence-corrected chi connectivity index (χ3v) is 3.56. The van der Waals surface area contributed by atoms with Crippen LogP contribution in [0.1, 0.15) is 25.5 Å². The van der Waals surface area contributed by atoms with Crippen molar-refractivity contribution in [3.05, 3.63) is 64.4 Å². The fraction of sp³-hybridized carbons (Fsp3) is 0.250. The first kappa shape index (κ1) is 14.1. The van der Waals surface area contributed by atoms with Crippen molar-refractivity contribution < 1.29 is 4.39 Å². The lowest BCUT2D eigenvalue weighted by Crippen LogP contribution is -2.17. The Morgan fingerprint density at radius 1 is 1.05 bits per heavy atom. The first-order chi connectivity index (χ1) is 9.08. The summed E-state index contributed by atoms with van der Waals surface area (Å²) in [4.78, 5) is 0. The zero-order chi connectivity index (χ0) is 13.8. The smallest absolute Gasteiger partial charge is 0.147 e. The molecule has 0 heterocycles. The van der Waals surface area contributed by atoms with Crippen LogP contribution in [0.25, 0.3) is 0 Å². The summed E-state index contributed by atoms with van der Waals surface area (Å²) in [5, 5.41) is 3.29. The van der Waals surface area contributed by atoms with Crippen molar-refractivity contribution in [1.29, 1.82) is 0 Å². The first-order valence-corrected chi connectivity index (χ1v) is 7.14. The van der Waals surface area contributed by atoms with Crippen LogP contribution in [-0.4, -0.2) is 0 Å². The van der Waals surface area contributed by atoms with Gasteiger partial charge in [-0.2, -0.15) is 0 Å². The van der Waals surface area contributed by atoms with Gasteiger partial charge in [-0.3, -0.25) is 0 Å². The normalized spacial score (nSPS) is 12.5. The van der Waals surface area contributed by atoms with Crippen molar-refractivity contribution in [1.82, 2.24) is 0 Å². The second-order valence-corrected chi connectivity index (χ2v) is 5.82. The van der Waals surface area contributed by atoms with Gasteiger partial charge in [0.25, 0.3) is 0 Å². The summed E-state index contributed by atoms with van der Waals surface area (Å²) >= 11 is 3.27. The van der Waals surface area contributed by atoms with Gasteiger partial charge in [-0.15, -0.1) is 0 Å². The molecule has 2 aromatic rings. The molecule has 1 atom stereocenters. The van der Waals surface area contributed by atoms with E-state index < -0.39 is 0 Å². The van der Waals surface area contributed by atoms with Crippen LogP contribution in [-0.2, 0) is 0 Å². The van der Waals surface area contributed by atoms with E-state index in [2.05, 4.69) is 47.2 Å². The van der Waals surface area contributed by atoms with Crippen molar-refractivity contribution in [2.45, 2.75) is 19.9 Å². The molecule has 0 aliphatic heterocycles. The van der Waals surface area contributed by atoms with Crippen LogP contribution < -0.4 is 5.32 Å². The molecule has 0 bridgehead atoms. The number of anilines is 1. The summed E-state index contributed by atoms with van der Waals surface area (Å²) in [6.45, 7) is 4.25. The van der Waals surface area contributed by atoms with Crippen molar-refractivity contribution in [2.75, 3.05) is 5.32 Å². The highest BCUT2D eigenvalue weighted by Crippen LogP contribution is 2.28. The first-order valence-electron chi connectivity index (χ1n) is 6.34. The molecular formula is C16H17BrFN. The van der Waals surface area contributed by atoms with Crippen molar-refractivity contribution in [2.24, 2.45) is 5.92 Å². The van der Waals surface area contributed by atoms with Crippen LogP contribution in [0, 0.1) is 11.7 Å². The molecule has 0 spiro atoms. The summed E-state index contributed by atoms with van der Waals surface area (Å²) in [6, 6.07) is 15.3. The Hall–Kier alpha value is -1.35. The molecule has 1 N–H and O–H groups in total. The molecule has 2 rings (SSSR count). The summed E-state index contributed by atoms with van der Waals surface area (Å²) in [6.07, 6.45) is 0. The molecule has 0 saturated heterocycles. The Balaban J connectivity index is 2.27. The van der Waals surface area contributed by atoms with Gasteiger partial charge >= 0.3 is 0 Å². The highest BCUT2D eigenvalue weighted by Gasteiger charge is 2.16. The number of halogens is 2. The van der Waals surface area contributed by atoms with Gasteiger partial charge in [-0.1, -0.05) is 60.1 Å². The minimum atomic E-state index is -0.240.